The molecule has 0 bridgehead atoms. The summed E-state index contributed by atoms with van der Waals surface area (Å²) in [7, 11) is 0. The normalized spacial score (nSPS) is 8.86. The van der Waals surface area contributed by atoms with Crippen LogP contribution in [-0.4, -0.2) is 19.7 Å². The van der Waals surface area contributed by atoms with E-state index >= 15 is 0 Å². The molecule has 0 heterocycles. The molecule has 0 aliphatic rings. The summed E-state index contributed by atoms with van der Waals surface area (Å²) in [6, 6.07) is 0. The molecule has 0 aliphatic carbocycles. The quantitative estimate of drug-likeness (QED) is 0.645. The summed E-state index contributed by atoms with van der Waals surface area (Å²) >= 11 is -1.90. The van der Waals surface area contributed by atoms with Gasteiger partial charge in [-0.05, 0) is 0 Å². The van der Waals surface area contributed by atoms with Gasteiger partial charge in [0, 0.05) is 0 Å². The van der Waals surface area contributed by atoms with Gasteiger partial charge in [-0.25, -0.2) is 0 Å². The maximum absolute atomic E-state index is 10.7. The molecule has 0 aromatic rings. The van der Waals surface area contributed by atoms with E-state index in [0.717, 1.165) is 15.3 Å². The molecule has 0 saturated carbocycles. The molecule has 0 amide bonds. The van der Waals surface area contributed by atoms with Gasteiger partial charge in [-0.3, -0.25) is 0 Å². The molecule has 7 heavy (non-hydrogen) atoms. The predicted molar refractivity (Wildman–Crippen MR) is 32.0 cm³/mol. The van der Waals surface area contributed by atoms with Crippen LogP contribution in [0.5, 0.6) is 0 Å². The van der Waals surface area contributed by atoms with E-state index in [1.165, 1.54) is 0 Å². The Labute approximate surface area is 52.2 Å². The second-order valence-electron chi connectivity index (χ2n) is 1.64. The number of hydrogen-bond acceptors (Lipinski definition) is 1. The topological polar surface area (TPSA) is 17.1 Å². The van der Waals surface area contributed by atoms with Gasteiger partial charge in [0.2, 0.25) is 0 Å². The zero-order valence-electron chi connectivity index (χ0n) is 5.03. The minimum absolute atomic E-state index is 0.982. The zero-order chi connectivity index (χ0) is 5.70. The summed E-state index contributed by atoms with van der Waals surface area (Å²) in [6.07, 6.45) is 1.12. The molecule has 0 atom stereocenters. The molecule has 42 valence electrons. The first-order valence-corrected chi connectivity index (χ1v) is 8.03. The first-order chi connectivity index (χ1) is 3.31. The fourth-order valence-electron chi connectivity index (χ4n) is 0.456. The van der Waals surface area contributed by atoms with Gasteiger partial charge in [-0.1, -0.05) is 0 Å². The third-order valence-electron chi connectivity index (χ3n) is 0.923. The van der Waals surface area contributed by atoms with Crippen LogP contribution < -0.4 is 0 Å². The van der Waals surface area contributed by atoms with E-state index in [1.807, 2.05) is 6.92 Å². The van der Waals surface area contributed by atoms with E-state index in [4.69, 9.17) is 0 Å². The van der Waals surface area contributed by atoms with Crippen LogP contribution in [0, 0.1) is 0 Å². The Hall–Kier alpha value is 0.599. The summed E-state index contributed by atoms with van der Waals surface area (Å²) in [5.41, 5.74) is 0. The van der Waals surface area contributed by atoms with Crippen molar-refractivity contribution in [1.29, 1.82) is 0 Å². The molecule has 0 N–H and O–H groups in total. The Morgan fingerprint density at radius 2 is 2.00 bits per heavy atom. The number of rotatable bonds is 3. The van der Waals surface area contributed by atoms with Gasteiger partial charge in [0.05, 0.1) is 0 Å². The first-order valence-electron chi connectivity index (χ1n) is 2.83. The van der Waals surface area contributed by atoms with Crippen LogP contribution in [0.15, 0.2) is 0 Å². The van der Waals surface area contributed by atoms with Crippen LogP contribution in [0.1, 0.15) is 20.3 Å². The maximum atomic E-state index is 10.7. The molecule has 0 saturated heterocycles. The summed E-state index contributed by atoms with van der Waals surface area (Å²) in [5.74, 6) is 0. The SMILES string of the molecule is CC[CH2][Sn](=[O])[CH2]C. The molecular weight excluding hydrogens is 195 g/mol. The fraction of sp³-hybridized carbons (Fsp3) is 1.00. The van der Waals surface area contributed by atoms with Gasteiger partial charge in [0.25, 0.3) is 0 Å². The van der Waals surface area contributed by atoms with Gasteiger partial charge in [0.15, 0.2) is 0 Å². The summed E-state index contributed by atoms with van der Waals surface area (Å²) < 4.78 is 12.7. The van der Waals surface area contributed by atoms with Crippen molar-refractivity contribution in [2.75, 3.05) is 0 Å². The summed E-state index contributed by atoms with van der Waals surface area (Å²) in [4.78, 5) is 0. The molecule has 0 spiro atoms. The average molecular weight is 207 g/mol. The molecule has 1 nitrogen and oxygen atoms in total. The van der Waals surface area contributed by atoms with Crippen molar-refractivity contribution in [2.24, 2.45) is 0 Å². The molecule has 0 fully saturated rings. The first kappa shape index (κ1) is 7.60. The summed E-state index contributed by atoms with van der Waals surface area (Å²) in [6.45, 7) is 4.12. The Bertz CT molecular complexity index is 61.1. The van der Waals surface area contributed by atoms with Crippen molar-refractivity contribution >= 4 is 19.7 Å². The molecule has 2 heteroatoms. The van der Waals surface area contributed by atoms with Gasteiger partial charge in [-0.15, -0.1) is 0 Å². The van der Waals surface area contributed by atoms with Crippen LogP contribution in [0.2, 0.25) is 8.87 Å². The van der Waals surface area contributed by atoms with Crippen molar-refractivity contribution < 1.29 is 3.08 Å². The van der Waals surface area contributed by atoms with E-state index < -0.39 is 19.7 Å². The molecular formula is C5H12OSn. The van der Waals surface area contributed by atoms with Crippen molar-refractivity contribution in [2.45, 2.75) is 29.1 Å². The zero-order valence-corrected chi connectivity index (χ0v) is 7.88. The monoisotopic (exact) mass is 208 g/mol. The van der Waals surface area contributed by atoms with E-state index in [-0.39, 0.29) is 0 Å². The molecule has 0 unspecified atom stereocenters. The average Bonchev–Trinajstić information content (AvgIpc) is 1.68. The van der Waals surface area contributed by atoms with Crippen molar-refractivity contribution in [1.82, 2.24) is 0 Å². The number of hydrogen-bond donors (Lipinski definition) is 0. The molecule has 0 radical (unpaired) electrons. The van der Waals surface area contributed by atoms with Crippen molar-refractivity contribution in [3.05, 3.63) is 0 Å². The van der Waals surface area contributed by atoms with E-state index in [9.17, 15) is 3.08 Å². The minimum atomic E-state index is -1.90. The van der Waals surface area contributed by atoms with Gasteiger partial charge in [0.1, 0.15) is 0 Å². The third-order valence-corrected chi connectivity index (χ3v) is 6.19. The van der Waals surface area contributed by atoms with Gasteiger partial charge < -0.3 is 0 Å². The second kappa shape index (κ2) is 4.75. The van der Waals surface area contributed by atoms with Crippen LogP contribution >= 0.6 is 0 Å². The Balaban J connectivity index is 3.00. The molecule has 0 aromatic carbocycles. The Kier molecular flexibility index (Phi) is 5.16. The molecule has 0 aromatic heterocycles. The van der Waals surface area contributed by atoms with Crippen molar-refractivity contribution in [3.63, 3.8) is 0 Å². The van der Waals surface area contributed by atoms with Crippen LogP contribution in [-0.2, 0) is 3.08 Å². The van der Waals surface area contributed by atoms with E-state index in [2.05, 4.69) is 6.92 Å². The fourth-order valence-corrected chi connectivity index (χ4v) is 3.06. The van der Waals surface area contributed by atoms with Crippen LogP contribution in [0.3, 0.4) is 0 Å². The Morgan fingerprint density at radius 1 is 1.43 bits per heavy atom. The predicted octanol–water partition coefficient (Wildman–Crippen LogP) is 1.84. The van der Waals surface area contributed by atoms with E-state index in [0.29, 0.717) is 0 Å². The third kappa shape index (κ3) is 4.45. The second-order valence-corrected chi connectivity index (χ2v) is 8.16. The molecule has 0 rings (SSSR count). The van der Waals surface area contributed by atoms with Crippen LogP contribution in [0.4, 0.5) is 0 Å². The van der Waals surface area contributed by atoms with Gasteiger partial charge >= 0.3 is 52.0 Å². The van der Waals surface area contributed by atoms with Gasteiger partial charge in [-0.2, -0.15) is 0 Å². The Morgan fingerprint density at radius 3 is 2.14 bits per heavy atom. The summed E-state index contributed by atoms with van der Waals surface area (Å²) in [5, 5.41) is 0. The van der Waals surface area contributed by atoms with Crippen molar-refractivity contribution in [3.8, 4) is 0 Å². The van der Waals surface area contributed by atoms with Crippen LogP contribution in [0.25, 0.3) is 0 Å². The van der Waals surface area contributed by atoms with E-state index in [1.54, 1.807) is 0 Å². The molecule has 0 aliphatic heterocycles. The standard InChI is InChI=1S/C3H7.C2H5.O.Sn/c1-3-2;1-2;;/h1,3H2,2H3;1H2,2H3;;.